The number of aromatic nitrogens is 2. The van der Waals surface area contributed by atoms with Crippen LogP contribution >= 0.6 is 23.2 Å². The van der Waals surface area contributed by atoms with E-state index < -0.39 is 5.97 Å². The monoisotopic (exact) mass is 324 g/mol. The van der Waals surface area contributed by atoms with E-state index >= 15 is 0 Å². The van der Waals surface area contributed by atoms with E-state index in [0.29, 0.717) is 16.6 Å². The Kier molecular flexibility index (Phi) is 4.70. The highest BCUT2D eigenvalue weighted by Gasteiger charge is 2.13. The van der Waals surface area contributed by atoms with Gasteiger partial charge in [-0.1, -0.05) is 29.3 Å². The molecule has 0 aliphatic carbocycles. The molecule has 21 heavy (non-hydrogen) atoms. The quantitative estimate of drug-likeness (QED) is 0.866. The van der Waals surface area contributed by atoms with Crippen molar-refractivity contribution >= 4 is 35.2 Å². The van der Waals surface area contributed by atoms with E-state index in [0.717, 1.165) is 28.6 Å². The molecule has 4 nitrogen and oxygen atoms in total. The zero-order valence-electron chi connectivity index (χ0n) is 11.6. The molecule has 0 aliphatic rings. The van der Waals surface area contributed by atoms with E-state index in [4.69, 9.17) is 28.3 Å². The minimum absolute atomic E-state index is 0.437. The summed E-state index contributed by atoms with van der Waals surface area (Å²) in [6.07, 6.45) is 2.65. The van der Waals surface area contributed by atoms with Crippen molar-refractivity contribution in [2.45, 2.75) is 20.4 Å². The molecule has 1 N–H and O–H groups in total. The van der Waals surface area contributed by atoms with E-state index in [1.807, 2.05) is 13.8 Å². The number of aryl methyl sites for hydroxylation is 1. The van der Waals surface area contributed by atoms with Crippen molar-refractivity contribution in [1.82, 2.24) is 9.78 Å². The molecule has 0 amide bonds. The Balaban J connectivity index is 2.38. The number of hydrogen-bond donors (Lipinski definition) is 1. The van der Waals surface area contributed by atoms with Crippen molar-refractivity contribution in [2.24, 2.45) is 0 Å². The predicted octanol–water partition coefficient (Wildman–Crippen LogP) is 3.95. The lowest BCUT2D eigenvalue weighted by Crippen LogP contribution is -2.05. The van der Waals surface area contributed by atoms with Gasteiger partial charge in [-0.2, -0.15) is 5.10 Å². The highest BCUT2D eigenvalue weighted by molar-refractivity contribution is 6.35. The zero-order chi connectivity index (χ0) is 15.6. The first-order valence-electron chi connectivity index (χ1n) is 6.28. The number of hydrogen-bond acceptors (Lipinski definition) is 2. The van der Waals surface area contributed by atoms with Gasteiger partial charge in [0.25, 0.3) is 0 Å². The first kappa shape index (κ1) is 15.6. The van der Waals surface area contributed by atoms with Crippen LogP contribution in [0.25, 0.3) is 6.08 Å². The Labute approximate surface area is 132 Å². The summed E-state index contributed by atoms with van der Waals surface area (Å²) in [6.45, 7) is 4.15. The lowest BCUT2D eigenvalue weighted by Gasteiger charge is -2.08. The molecule has 0 aliphatic heterocycles. The van der Waals surface area contributed by atoms with Crippen molar-refractivity contribution in [3.63, 3.8) is 0 Å². The normalized spacial score (nSPS) is 11.2. The molecule has 110 valence electrons. The maximum atomic E-state index is 10.6. The van der Waals surface area contributed by atoms with Crippen LogP contribution in [-0.2, 0) is 11.3 Å². The van der Waals surface area contributed by atoms with Gasteiger partial charge >= 0.3 is 5.97 Å². The third kappa shape index (κ3) is 3.46. The Morgan fingerprint density at radius 3 is 2.52 bits per heavy atom. The summed E-state index contributed by atoms with van der Waals surface area (Å²) in [5.41, 5.74) is 3.20. The van der Waals surface area contributed by atoms with Crippen molar-refractivity contribution < 1.29 is 9.90 Å². The van der Waals surface area contributed by atoms with E-state index in [9.17, 15) is 4.79 Å². The first-order chi connectivity index (χ1) is 9.90. The molecule has 2 aromatic rings. The summed E-state index contributed by atoms with van der Waals surface area (Å²) in [6, 6.07) is 5.34. The third-order valence-corrected chi connectivity index (χ3v) is 3.91. The van der Waals surface area contributed by atoms with Crippen LogP contribution in [0.1, 0.15) is 22.5 Å². The summed E-state index contributed by atoms with van der Waals surface area (Å²) >= 11 is 12.3. The highest BCUT2D eigenvalue weighted by Crippen LogP contribution is 2.26. The number of rotatable bonds is 4. The number of nitrogens with zero attached hydrogens (tertiary/aromatic N) is 2. The number of carboxylic acid groups (broad SMARTS) is 1. The number of aliphatic carboxylic acids is 1. The third-order valence-electron chi connectivity index (χ3n) is 3.20. The SMILES string of the molecule is Cc1nn(Cc2c(Cl)cccc2Cl)c(C)c1/C=C/C(=O)O. The standard InChI is InChI=1S/C15H14Cl2N2O2/c1-9-11(6-7-15(20)21)10(2)19(18-9)8-12-13(16)4-3-5-14(12)17/h3-7H,8H2,1-2H3,(H,20,21)/b7-6+. The number of carbonyl (C=O) groups is 1. The lowest BCUT2D eigenvalue weighted by atomic mass is 10.1. The second-order valence-electron chi connectivity index (χ2n) is 4.61. The van der Waals surface area contributed by atoms with Crippen LogP contribution in [0.4, 0.5) is 0 Å². The molecule has 1 heterocycles. The molecule has 0 atom stereocenters. The van der Waals surface area contributed by atoms with Crippen molar-refractivity contribution in [2.75, 3.05) is 0 Å². The number of halogens is 2. The zero-order valence-corrected chi connectivity index (χ0v) is 13.1. The van der Waals surface area contributed by atoms with Crippen LogP contribution in [-0.4, -0.2) is 20.9 Å². The van der Waals surface area contributed by atoms with Gasteiger partial charge in [-0.15, -0.1) is 0 Å². The maximum absolute atomic E-state index is 10.6. The fraction of sp³-hybridized carbons (Fsp3) is 0.200. The minimum Gasteiger partial charge on any atom is -0.478 e. The van der Waals surface area contributed by atoms with Gasteiger partial charge in [0.15, 0.2) is 0 Å². The van der Waals surface area contributed by atoms with Gasteiger partial charge < -0.3 is 5.11 Å². The molecule has 2 rings (SSSR count). The Morgan fingerprint density at radius 1 is 1.33 bits per heavy atom. The smallest absolute Gasteiger partial charge is 0.328 e. The molecular formula is C15H14Cl2N2O2. The van der Waals surface area contributed by atoms with Crippen LogP contribution in [0, 0.1) is 13.8 Å². The molecule has 6 heteroatoms. The van der Waals surface area contributed by atoms with Crippen molar-refractivity contribution in [1.29, 1.82) is 0 Å². The molecule has 0 radical (unpaired) electrons. The molecular weight excluding hydrogens is 311 g/mol. The van der Waals surface area contributed by atoms with Crippen LogP contribution in [0.3, 0.4) is 0 Å². The van der Waals surface area contributed by atoms with E-state index in [-0.39, 0.29) is 0 Å². The fourth-order valence-corrected chi connectivity index (χ4v) is 2.61. The average molecular weight is 325 g/mol. The van der Waals surface area contributed by atoms with Gasteiger partial charge in [-0.25, -0.2) is 4.79 Å². The van der Waals surface area contributed by atoms with Crippen LogP contribution < -0.4 is 0 Å². The topological polar surface area (TPSA) is 55.1 Å². The fourth-order valence-electron chi connectivity index (χ4n) is 2.09. The molecule has 0 saturated carbocycles. The molecule has 0 fully saturated rings. The lowest BCUT2D eigenvalue weighted by molar-refractivity contribution is -0.131. The molecule has 0 saturated heterocycles. The average Bonchev–Trinajstić information content (AvgIpc) is 2.67. The van der Waals surface area contributed by atoms with Crippen molar-refractivity contribution in [3.05, 3.63) is 56.8 Å². The largest absolute Gasteiger partial charge is 0.478 e. The van der Waals surface area contributed by atoms with Gasteiger partial charge in [0, 0.05) is 32.9 Å². The van der Waals surface area contributed by atoms with E-state index in [1.165, 1.54) is 0 Å². The Bertz CT molecular complexity index is 700. The summed E-state index contributed by atoms with van der Waals surface area (Å²) in [5, 5.41) is 14.3. The van der Waals surface area contributed by atoms with E-state index in [2.05, 4.69) is 5.10 Å². The Hall–Kier alpha value is -1.78. The first-order valence-corrected chi connectivity index (χ1v) is 7.03. The van der Waals surface area contributed by atoms with Crippen molar-refractivity contribution in [3.8, 4) is 0 Å². The van der Waals surface area contributed by atoms with Gasteiger partial charge in [0.2, 0.25) is 0 Å². The molecule has 0 spiro atoms. The molecule has 0 bridgehead atoms. The molecule has 0 unspecified atom stereocenters. The van der Waals surface area contributed by atoms with Gasteiger partial charge in [0.1, 0.15) is 0 Å². The molecule has 1 aromatic carbocycles. The van der Waals surface area contributed by atoms with Gasteiger partial charge in [-0.05, 0) is 32.1 Å². The maximum Gasteiger partial charge on any atom is 0.328 e. The van der Waals surface area contributed by atoms with Gasteiger partial charge in [0.05, 0.1) is 12.2 Å². The second-order valence-corrected chi connectivity index (χ2v) is 5.43. The highest BCUT2D eigenvalue weighted by atomic mass is 35.5. The molecule has 1 aromatic heterocycles. The van der Waals surface area contributed by atoms with Gasteiger partial charge in [-0.3, -0.25) is 4.68 Å². The van der Waals surface area contributed by atoms with E-state index in [1.54, 1.807) is 29.0 Å². The summed E-state index contributed by atoms with van der Waals surface area (Å²) < 4.78 is 1.77. The van der Waals surface area contributed by atoms with Crippen LogP contribution in [0.15, 0.2) is 24.3 Å². The second kappa shape index (κ2) is 6.33. The Morgan fingerprint density at radius 2 is 1.95 bits per heavy atom. The summed E-state index contributed by atoms with van der Waals surface area (Å²) in [4.78, 5) is 10.6. The van der Waals surface area contributed by atoms with Crippen LogP contribution in [0.2, 0.25) is 10.0 Å². The number of benzene rings is 1. The number of carboxylic acids is 1. The van der Waals surface area contributed by atoms with Crippen LogP contribution in [0.5, 0.6) is 0 Å². The summed E-state index contributed by atoms with van der Waals surface area (Å²) in [5.74, 6) is -0.990. The predicted molar refractivity (Wildman–Crippen MR) is 83.9 cm³/mol. The minimum atomic E-state index is -0.990. The summed E-state index contributed by atoms with van der Waals surface area (Å²) in [7, 11) is 0.